The van der Waals surface area contributed by atoms with Gasteiger partial charge in [-0.05, 0) is 45.2 Å². The van der Waals surface area contributed by atoms with Gasteiger partial charge >= 0.3 is 0 Å². The van der Waals surface area contributed by atoms with Crippen molar-refractivity contribution in [2.75, 3.05) is 25.0 Å². The minimum atomic E-state index is -0.118. The Morgan fingerprint density at radius 1 is 1.42 bits per heavy atom. The van der Waals surface area contributed by atoms with Crippen LogP contribution >= 0.6 is 0 Å². The van der Waals surface area contributed by atoms with E-state index in [1.54, 1.807) is 23.2 Å². The summed E-state index contributed by atoms with van der Waals surface area (Å²) >= 11 is 0. The number of carbonyl (C=O) groups excluding carboxylic acids is 2. The maximum atomic E-state index is 12.9. The van der Waals surface area contributed by atoms with E-state index in [9.17, 15) is 9.59 Å². The average molecular weight is 332 g/mol. The number of likely N-dealkylation sites (tertiary alicyclic amines) is 1. The molecule has 1 fully saturated rings. The molecule has 132 valence electrons. The molecule has 1 aliphatic heterocycles. The summed E-state index contributed by atoms with van der Waals surface area (Å²) in [6, 6.07) is 3.76. The molecule has 2 N–H and O–H groups in total. The van der Waals surface area contributed by atoms with Gasteiger partial charge in [0.1, 0.15) is 5.82 Å². The Morgan fingerprint density at radius 2 is 2.21 bits per heavy atom. The van der Waals surface area contributed by atoms with Crippen LogP contribution in [-0.2, 0) is 4.79 Å². The van der Waals surface area contributed by atoms with Crippen molar-refractivity contribution in [1.29, 1.82) is 0 Å². The number of anilines is 1. The molecule has 1 saturated heterocycles. The molecule has 24 heavy (non-hydrogen) atoms. The lowest BCUT2D eigenvalue weighted by Gasteiger charge is -2.32. The predicted molar refractivity (Wildman–Crippen MR) is 94.9 cm³/mol. The summed E-state index contributed by atoms with van der Waals surface area (Å²) in [5.41, 5.74) is 0.570. The van der Waals surface area contributed by atoms with E-state index in [2.05, 4.69) is 15.6 Å². The van der Waals surface area contributed by atoms with Crippen molar-refractivity contribution < 1.29 is 9.59 Å². The second-order valence-corrected chi connectivity index (χ2v) is 6.58. The first kappa shape index (κ1) is 18.2. The molecule has 1 aliphatic rings. The Hall–Kier alpha value is -2.11. The Kier molecular flexibility index (Phi) is 6.58. The smallest absolute Gasteiger partial charge is 0.257 e. The van der Waals surface area contributed by atoms with Gasteiger partial charge in [-0.25, -0.2) is 4.98 Å². The Balaban J connectivity index is 2.08. The third-order valence-corrected chi connectivity index (χ3v) is 4.09. The molecule has 0 aliphatic carbocycles. The molecule has 1 aromatic rings. The highest BCUT2D eigenvalue weighted by Crippen LogP contribution is 2.21. The van der Waals surface area contributed by atoms with Gasteiger partial charge in [-0.2, -0.15) is 0 Å². The first-order valence-corrected chi connectivity index (χ1v) is 8.81. The van der Waals surface area contributed by atoms with Crippen LogP contribution in [0.25, 0.3) is 0 Å². The van der Waals surface area contributed by atoms with Gasteiger partial charge in [0.25, 0.3) is 5.91 Å². The van der Waals surface area contributed by atoms with E-state index in [1.807, 2.05) is 20.8 Å². The minimum absolute atomic E-state index is 0.0563. The van der Waals surface area contributed by atoms with Gasteiger partial charge in [0.15, 0.2) is 0 Å². The summed E-state index contributed by atoms with van der Waals surface area (Å²) < 4.78 is 0. The summed E-state index contributed by atoms with van der Waals surface area (Å²) in [6.45, 7) is 7.91. The second-order valence-electron chi connectivity index (χ2n) is 6.58. The fourth-order valence-corrected chi connectivity index (χ4v) is 2.90. The predicted octanol–water partition coefficient (Wildman–Crippen LogP) is 2.28. The van der Waals surface area contributed by atoms with Gasteiger partial charge in [-0.1, -0.05) is 6.92 Å². The van der Waals surface area contributed by atoms with Gasteiger partial charge in [0, 0.05) is 31.9 Å². The fraction of sp³-hybridized carbons (Fsp3) is 0.611. The Labute approximate surface area is 144 Å². The minimum Gasteiger partial charge on any atom is -0.367 e. The zero-order valence-corrected chi connectivity index (χ0v) is 14.8. The number of hydrogen-bond acceptors (Lipinski definition) is 4. The topological polar surface area (TPSA) is 74.3 Å². The van der Waals surface area contributed by atoms with Crippen LogP contribution in [0.2, 0.25) is 0 Å². The molecule has 0 spiro atoms. The van der Waals surface area contributed by atoms with E-state index in [0.717, 1.165) is 19.3 Å². The molecule has 2 heterocycles. The second kappa shape index (κ2) is 8.66. The molecule has 0 aromatic carbocycles. The number of pyridine rings is 1. The number of nitrogens with zero attached hydrogens (tertiary/aromatic N) is 2. The maximum absolute atomic E-state index is 12.9. The van der Waals surface area contributed by atoms with Crippen molar-refractivity contribution >= 4 is 17.6 Å². The van der Waals surface area contributed by atoms with E-state index in [-0.39, 0.29) is 23.8 Å². The summed E-state index contributed by atoms with van der Waals surface area (Å²) in [7, 11) is 0. The van der Waals surface area contributed by atoms with Crippen LogP contribution in [0, 0.1) is 5.92 Å². The van der Waals surface area contributed by atoms with Crippen LogP contribution in [-0.4, -0.2) is 47.4 Å². The van der Waals surface area contributed by atoms with Gasteiger partial charge in [-0.3, -0.25) is 9.59 Å². The monoisotopic (exact) mass is 332 g/mol. The van der Waals surface area contributed by atoms with Crippen molar-refractivity contribution in [3.63, 3.8) is 0 Å². The molecule has 6 heteroatoms. The van der Waals surface area contributed by atoms with Crippen LogP contribution in [0.15, 0.2) is 18.3 Å². The van der Waals surface area contributed by atoms with E-state index < -0.39 is 0 Å². The van der Waals surface area contributed by atoms with Crippen molar-refractivity contribution in [3.8, 4) is 0 Å². The van der Waals surface area contributed by atoms with Gasteiger partial charge in [-0.15, -0.1) is 0 Å². The van der Waals surface area contributed by atoms with Crippen molar-refractivity contribution in [2.45, 2.75) is 46.1 Å². The summed E-state index contributed by atoms with van der Waals surface area (Å²) in [4.78, 5) is 31.2. The molecule has 2 amide bonds. The molecule has 0 saturated carbocycles. The zero-order chi connectivity index (χ0) is 17.5. The molecule has 0 radical (unpaired) electrons. The molecule has 6 nitrogen and oxygen atoms in total. The van der Waals surface area contributed by atoms with Crippen LogP contribution < -0.4 is 10.6 Å². The summed E-state index contributed by atoms with van der Waals surface area (Å²) in [6.07, 6.45) is 4.28. The largest absolute Gasteiger partial charge is 0.367 e. The lowest BCUT2D eigenvalue weighted by Crippen LogP contribution is -2.45. The van der Waals surface area contributed by atoms with Gasteiger partial charge in [0.2, 0.25) is 5.91 Å². The first-order valence-electron chi connectivity index (χ1n) is 8.81. The maximum Gasteiger partial charge on any atom is 0.257 e. The number of rotatable bonds is 6. The number of carbonyl (C=O) groups is 2. The summed E-state index contributed by atoms with van der Waals surface area (Å²) in [5, 5.41) is 6.15. The highest BCUT2D eigenvalue weighted by molar-refractivity contribution is 5.99. The van der Waals surface area contributed by atoms with Crippen LogP contribution in [0.4, 0.5) is 5.82 Å². The number of piperidine rings is 1. The highest BCUT2D eigenvalue weighted by Gasteiger charge is 2.29. The highest BCUT2D eigenvalue weighted by atomic mass is 16.2. The third-order valence-electron chi connectivity index (χ3n) is 4.09. The molecule has 0 bridgehead atoms. The SMILES string of the molecule is CCCNC(=O)[C@@H]1CCCN(C(=O)c2cccnc2NC(C)C)C1. The number of amides is 2. The fourth-order valence-electron chi connectivity index (χ4n) is 2.90. The van der Waals surface area contributed by atoms with E-state index in [1.165, 1.54) is 0 Å². The summed E-state index contributed by atoms with van der Waals surface area (Å²) in [5.74, 6) is 0.489. The van der Waals surface area contributed by atoms with Crippen LogP contribution in [0.5, 0.6) is 0 Å². The molecule has 1 aromatic heterocycles. The molecular formula is C18H28N4O2. The zero-order valence-electron chi connectivity index (χ0n) is 14.8. The molecule has 0 unspecified atom stereocenters. The third kappa shape index (κ3) is 4.69. The quantitative estimate of drug-likeness (QED) is 0.838. The average Bonchev–Trinajstić information content (AvgIpc) is 2.59. The standard InChI is InChI=1S/C18H28N4O2/c1-4-9-20-17(23)14-7-6-11-22(12-14)18(24)15-8-5-10-19-16(15)21-13(2)3/h5,8,10,13-14H,4,6-7,9,11-12H2,1-3H3,(H,19,21)(H,20,23)/t14-/m1/s1. The Morgan fingerprint density at radius 3 is 2.92 bits per heavy atom. The van der Waals surface area contributed by atoms with E-state index in [0.29, 0.717) is 31.0 Å². The van der Waals surface area contributed by atoms with Gasteiger partial charge in [0.05, 0.1) is 11.5 Å². The van der Waals surface area contributed by atoms with E-state index in [4.69, 9.17) is 0 Å². The number of hydrogen-bond donors (Lipinski definition) is 2. The molecule has 1 atom stereocenters. The van der Waals surface area contributed by atoms with Crippen molar-refractivity contribution in [1.82, 2.24) is 15.2 Å². The lowest BCUT2D eigenvalue weighted by molar-refractivity contribution is -0.126. The number of aromatic nitrogens is 1. The first-order chi connectivity index (χ1) is 11.5. The van der Waals surface area contributed by atoms with Crippen LogP contribution in [0.3, 0.4) is 0 Å². The van der Waals surface area contributed by atoms with Crippen LogP contribution in [0.1, 0.15) is 50.4 Å². The van der Waals surface area contributed by atoms with E-state index >= 15 is 0 Å². The van der Waals surface area contributed by atoms with Crippen molar-refractivity contribution in [2.24, 2.45) is 5.92 Å². The Bertz CT molecular complexity index is 574. The number of nitrogens with one attached hydrogen (secondary N) is 2. The molecular weight excluding hydrogens is 304 g/mol. The normalized spacial score (nSPS) is 17.7. The van der Waals surface area contributed by atoms with Crippen molar-refractivity contribution in [3.05, 3.63) is 23.9 Å². The van der Waals surface area contributed by atoms with Gasteiger partial charge < -0.3 is 15.5 Å². The lowest BCUT2D eigenvalue weighted by atomic mass is 9.96. The molecule has 2 rings (SSSR count).